The lowest BCUT2D eigenvalue weighted by Crippen LogP contribution is -2.18. The molecule has 13 nitrogen and oxygen atoms in total. The molecule has 0 unspecified atom stereocenters. The van der Waals surface area contributed by atoms with Crippen LogP contribution >= 0.6 is 0 Å². The summed E-state index contributed by atoms with van der Waals surface area (Å²) in [5.41, 5.74) is 2.87. The number of anilines is 1. The SMILES string of the molecule is COc1cc(C(=O)Oc2ccc([N+](=O)[O-])cc2/C=N/NC(=O)c2ccc(NC(C)=O)cc2)cc(OC)c1OC. The molecule has 2 N–H and O–H groups in total. The summed E-state index contributed by atoms with van der Waals surface area (Å²) < 4.78 is 21.2. The molecular formula is C26H24N4O9. The van der Waals surface area contributed by atoms with Crippen LogP contribution in [0.15, 0.2) is 59.7 Å². The summed E-state index contributed by atoms with van der Waals surface area (Å²) in [6.07, 6.45) is 1.11. The predicted molar refractivity (Wildman–Crippen MR) is 140 cm³/mol. The van der Waals surface area contributed by atoms with Gasteiger partial charge in [0.15, 0.2) is 11.5 Å². The Morgan fingerprint density at radius 3 is 2.05 bits per heavy atom. The van der Waals surface area contributed by atoms with E-state index in [1.54, 1.807) is 12.1 Å². The Labute approximate surface area is 222 Å². The van der Waals surface area contributed by atoms with E-state index in [1.807, 2.05) is 0 Å². The molecule has 3 rings (SSSR count). The van der Waals surface area contributed by atoms with Crippen LogP contribution in [-0.4, -0.2) is 50.3 Å². The number of esters is 1. The topological polar surface area (TPSA) is 168 Å². The van der Waals surface area contributed by atoms with Gasteiger partial charge in [-0.1, -0.05) is 0 Å². The van der Waals surface area contributed by atoms with E-state index in [0.717, 1.165) is 18.3 Å². The van der Waals surface area contributed by atoms with E-state index < -0.39 is 16.8 Å². The molecule has 0 heterocycles. The number of carbonyl (C=O) groups is 3. The van der Waals surface area contributed by atoms with Crippen molar-refractivity contribution < 1.29 is 38.3 Å². The molecule has 0 aromatic heterocycles. The molecule has 0 aliphatic carbocycles. The Hall–Kier alpha value is -5.46. The lowest BCUT2D eigenvalue weighted by atomic mass is 10.1. The van der Waals surface area contributed by atoms with Gasteiger partial charge in [0.05, 0.1) is 38.0 Å². The van der Waals surface area contributed by atoms with Crippen molar-refractivity contribution in [1.82, 2.24) is 5.43 Å². The van der Waals surface area contributed by atoms with E-state index >= 15 is 0 Å². The summed E-state index contributed by atoms with van der Waals surface area (Å²) in [7, 11) is 4.20. The van der Waals surface area contributed by atoms with E-state index in [2.05, 4.69) is 15.8 Å². The molecule has 2 amide bonds. The summed E-state index contributed by atoms with van der Waals surface area (Å²) >= 11 is 0. The smallest absolute Gasteiger partial charge is 0.343 e. The van der Waals surface area contributed by atoms with Crippen molar-refractivity contribution in [2.45, 2.75) is 6.92 Å². The van der Waals surface area contributed by atoms with Crippen molar-refractivity contribution in [3.8, 4) is 23.0 Å². The van der Waals surface area contributed by atoms with E-state index in [9.17, 15) is 24.5 Å². The zero-order valence-corrected chi connectivity index (χ0v) is 21.3. The first-order valence-electron chi connectivity index (χ1n) is 11.2. The van der Waals surface area contributed by atoms with Crippen LogP contribution in [-0.2, 0) is 4.79 Å². The number of hydrogen-bond acceptors (Lipinski definition) is 10. The predicted octanol–water partition coefficient (Wildman–Crippen LogP) is 3.56. The summed E-state index contributed by atoms with van der Waals surface area (Å²) in [5, 5.41) is 17.7. The van der Waals surface area contributed by atoms with Gasteiger partial charge < -0.3 is 24.3 Å². The molecular weight excluding hydrogens is 512 g/mol. The highest BCUT2D eigenvalue weighted by Gasteiger charge is 2.20. The first-order valence-corrected chi connectivity index (χ1v) is 11.2. The molecule has 0 bridgehead atoms. The fourth-order valence-electron chi connectivity index (χ4n) is 3.33. The number of ether oxygens (including phenoxy) is 4. The van der Waals surface area contributed by atoms with Crippen LogP contribution in [0.3, 0.4) is 0 Å². The fourth-order valence-corrected chi connectivity index (χ4v) is 3.33. The summed E-state index contributed by atoms with van der Waals surface area (Å²) in [5.74, 6) is -0.986. The lowest BCUT2D eigenvalue weighted by Gasteiger charge is -2.14. The molecule has 0 aliphatic heterocycles. The van der Waals surface area contributed by atoms with Gasteiger partial charge in [0.2, 0.25) is 11.7 Å². The number of nitro benzene ring substituents is 1. The molecule has 0 aliphatic rings. The van der Waals surface area contributed by atoms with Gasteiger partial charge in [-0.2, -0.15) is 5.10 Å². The maximum Gasteiger partial charge on any atom is 0.343 e. The molecule has 0 saturated heterocycles. The van der Waals surface area contributed by atoms with Crippen molar-refractivity contribution >= 4 is 35.4 Å². The van der Waals surface area contributed by atoms with Gasteiger partial charge in [0.25, 0.3) is 11.6 Å². The van der Waals surface area contributed by atoms with Gasteiger partial charge in [0.1, 0.15) is 5.75 Å². The van der Waals surface area contributed by atoms with Crippen LogP contribution < -0.4 is 29.7 Å². The minimum atomic E-state index is -0.818. The van der Waals surface area contributed by atoms with Crippen molar-refractivity contribution in [1.29, 1.82) is 0 Å². The highest BCUT2D eigenvalue weighted by Crippen LogP contribution is 2.38. The first-order chi connectivity index (χ1) is 18.7. The molecule has 0 atom stereocenters. The van der Waals surface area contributed by atoms with Crippen LogP contribution in [0, 0.1) is 10.1 Å². The molecule has 202 valence electrons. The second kappa shape index (κ2) is 12.7. The molecule has 3 aromatic carbocycles. The van der Waals surface area contributed by atoms with Crippen LogP contribution in [0.5, 0.6) is 23.0 Å². The summed E-state index contributed by atoms with van der Waals surface area (Å²) in [6.45, 7) is 1.36. The van der Waals surface area contributed by atoms with E-state index in [0.29, 0.717) is 5.69 Å². The van der Waals surface area contributed by atoms with Crippen LogP contribution in [0.4, 0.5) is 11.4 Å². The molecule has 0 fully saturated rings. The standard InChI is InChI=1S/C26H24N4O9/c1-15(31)28-19-7-5-16(6-8-19)25(32)29-27-14-18-11-20(30(34)35)9-10-21(18)39-26(33)17-12-22(36-2)24(38-4)23(13-17)37-3/h5-14H,1-4H3,(H,28,31)(H,29,32)/b27-14+. The molecule has 0 saturated carbocycles. The second-order valence-corrected chi connectivity index (χ2v) is 7.74. The van der Waals surface area contributed by atoms with Gasteiger partial charge in [-0.3, -0.25) is 19.7 Å². The molecule has 0 spiro atoms. The van der Waals surface area contributed by atoms with E-state index in [-0.39, 0.29) is 51.3 Å². The number of hydrazone groups is 1. The van der Waals surface area contributed by atoms with Crippen molar-refractivity contribution in [3.05, 3.63) is 81.4 Å². The number of hydrogen-bond donors (Lipinski definition) is 2. The van der Waals surface area contributed by atoms with Gasteiger partial charge >= 0.3 is 5.97 Å². The summed E-state index contributed by atoms with van der Waals surface area (Å²) in [4.78, 5) is 47.2. The molecule has 0 radical (unpaired) electrons. The average Bonchev–Trinajstić information content (AvgIpc) is 2.92. The number of nitrogens with zero attached hydrogens (tertiary/aromatic N) is 2. The Kier molecular flexibility index (Phi) is 9.14. The minimum Gasteiger partial charge on any atom is -0.493 e. The Balaban J connectivity index is 1.83. The van der Waals surface area contributed by atoms with Crippen molar-refractivity contribution in [2.24, 2.45) is 5.10 Å². The number of methoxy groups -OCH3 is 3. The van der Waals surface area contributed by atoms with Crippen molar-refractivity contribution in [2.75, 3.05) is 26.6 Å². The highest BCUT2D eigenvalue weighted by atomic mass is 16.6. The van der Waals surface area contributed by atoms with Crippen molar-refractivity contribution in [3.63, 3.8) is 0 Å². The lowest BCUT2D eigenvalue weighted by molar-refractivity contribution is -0.384. The molecule has 3 aromatic rings. The van der Waals surface area contributed by atoms with E-state index in [4.69, 9.17) is 18.9 Å². The van der Waals surface area contributed by atoms with Crippen LogP contribution in [0.25, 0.3) is 0 Å². The van der Waals surface area contributed by atoms with Gasteiger partial charge in [0, 0.05) is 35.9 Å². The quantitative estimate of drug-likeness (QED) is 0.129. The third kappa shape index (κ3) is 7.07. The average molecular weight is 536 g/mol. The minimum absolute atomic E-state index is 0.0475. The van der Waals surface area contributed by atoms with Crippen LogP contribution in [0.2, 0.25) is 0 Å². The van der Waals surface area contributed by atoms with Crippen LogP contribution in [0.1, 0.15) is 33.2 Å². The van der Waals surface area contributed by atoms with E-state index in [1.165, 1.54) is 58.6 Å². The number of benzene rings is 3. The number of nitrogens with one attached hydrogen (secondary N) is 2. The number of nitro groups is 1. The van der Waals surface area contributed by atoms with Gasteiger partial charge in [-0.05, 0) is 42.5 Å². The zero-order chi connectivity index (χ0) is 28.5. The normalized spacial score (nSPS) is 10.5. The largest absolute Gasteiger partial charge is 0.493 e. The number of non-ortho nitro benzene ring substituents is 1. The Bertz CT molecular complexity index is 1410. The fraction of sp³-hybridized carbons (Fsp3) is 0.154. The third-order valence-corrected chi connectivity index (χ3v) is 5.14. The van der Waals surface area contributed by atoms with Gasteiger partial charge in [-0.15, -0.1) is 0 Å². The summed E-state index contributed by atoms with van der Waals surface area (Å²) in [6, 6.07) is 12.4. The third-order valence-electron chi connectivity index (χ3n) is 5.14. The maximum atomic E-state index is 12.9. The number of carbonyl (C=O) groups excluding carboxylic acids is 3. The monoisotopic (exact) mass is 536 g/mol. The highest BCUT2D eigenvalue weighted by molar-refractivity contribution is 5.97. The number of rotatable bonds is 10. The Morgan fingerprint density at radius 1 is 0.872 bits per heavy atom. The number of amides is 2. The maximum absolute atomic E-state index is 12.9. The van der Waals surface area contributed by atoms with Gasteiger partial charge in [-0.25, -0.2) is 10.2 Å². The zero-order valence-electron chi connectivity index (χ0n) is 21.3. The molecule has 39 heavy (non-hydrogen) atoms. The Morgan fingerprint density at radius 2 is 1.51 bits per heavy atom. The molecule has 13 heteroatoms. The second-order valence-electron chi connectivity index (χ2n) is 7.74. The first kappa shape index (κ1) is 28.1.